The zero-order chi connectivity index (χ0) is 23.2. The van der Waals surface area contributed by atoms with E-state index < -0.39 is 17.5 Å². The van der Waals surface area contributed by atoms with Crippen molar-refractivity contribution in [1.29, 1.82) is 0 Å². The number of imide groups is 1. The van der Waals surface area contributed by atoms with Gasteiger partial charge in [-0.3, -0.25) is 14.5 Å². The number of aromatic nitrogens is 2. The molecule has 1 atom stereocenters. The normalized spacial score (nSPS) is 19.2. The van der Waals surface area contributed by atoms with Crippen LogP contribution in [-0.4, -0.2) is 39.1 Å². The second-order valence-electron chi connectivity index (χ2n) is 8.56. The quantitative estimate of drug-likeness (QED) is 0.592. The highest BCUT2D eigenvalue weighted by Gasteiger charge is 2.55. The van der Waals surface area contributed by atoms with Crippen LogP contribution in [0.4, 0.5) is 4.79 Å². The Morgan fingerprint density at radius 1 is 1.09 bits per heavy atom. The molecule has 2 N–H and O–H groups in total. The van der Waals surface area contributed by atoms with Crippen molar-refractivity contribution < 1.29 is 14.4 Å². The number of benzene rings is 2. The summed E-state index contributed by atoms with van der Waals surface area (Å²) < 4.78 is 1.84. The van der Waals surface area contributed by atoms with Crippen LogP contribution in [0, 0.1) is 13.8 Å². The molecule has 1 aromatic heterocycles. The minimum atomic E-state index is -1.06. The molecule has 2 aromatic carbocycles. The van der Waals surface area contributed by atoms with Gasteiger partial charge in [0.2, 0.25) is 5.91 Å². The van der Waals surface area contributed by atoms with Crippen LogP contribution in [-0.2, 0) is 28.1 Å². The summed E-state index contributed by atoms with van der Waals surface area (Å²) in [6.07, 6.45) is 1.22. The van der Waals surface area contributed by atoms with E-state index in [0.29, 0.717) is 12.8 Å². The van der Waals surface area contributed by atoms with Gasteiger partial charge in [-0.25, -0.2) is 9.48 Å². The number of hydrogen-bond acceptors (Lipinski definition) is 4. The van der Waals surface area contributed by atoms with Gasteiger partial charge in [0.1, 0.15) is 12.1 Å². The first kappa shape index (κ1) is 20.9. The highest BCUT2D eigenvalue weighted by atomic mass is 16.2. The van der Waals surface area contributed by atoms with Gasteiger partial charge in [-0.1, -0.05) is 42.5 Å². The molecule has 1 saturated heterocycles. The molecule has 5 rings (SSSR count). The molecule has 168 valence electrons. The predicted molar refractivity (Wildman–Crippen MR) is 122 cm³/mol. The number of amides is 4. The maximum absolute atomic E-state index is 13.2. The maximum Gasteiger partial charge on any atom is 0.325 e. The third-order valence-corrected chi connectivity index (χ3v) is 6.63. The minimum absolute atomic E-state index is 0.265. The van der Waals surface area contributed by atoms with E-state index in [2.05, 4.69) is 15.7 Å². The lowest BCUT2D eigenvalue weighted by molar-refractivity contribution is -0.135. The van der Waals surface area contributed by atoms with Crippen molar-refractivity contribution in [2.75, 3.05) is 6.54 Å². The number of para-hydroxylation sites is 1. The van der Waals surface area contributed by atoms with E-state index >= 15 is 0 Å². The molecule has 0 saturated carbocycles. The van der Waals surface area contributed by atoms with E-state index in [0.717, 1.165) is 38.7 Å². The fourth-order valence-electron chi connectivity index (χ4n) is 4.87. The van der Waals surface area contributed by atoms with Crippen molar-refractivity contribution in [3.05, 3.63) is 82.7 Å². The summed E-state index contributed by atoms with van der Waals surface area (Å²) in [4.78, 5) is 39.6. The summed E-state index contributed by atoms with van der Waals surface area (Å²) >= 11 is 0. The van der Waals surface area contributed by atoms with Crippen molar-refractivity contribution >= 4 is 17.8 Å². The predicted octanol–water partition coefficient (Wildman–Crippen LogP) is 2.50. The van der Waals surface area contributed by atoms with Gasteiger partial charge in [0.25, 0.3) is 5.91 Å². The summed E-state index contributed by atoms with van der Waals surface area (Å²) in [5, 5.41) is 10.3. The van der Waals surface area contributed by atoms with Crippen LogP contribution in [0.3, 0.4) is 0 Å². The number of fused-ring (bicyclic) bond motifs is 2. The van der Waals surface area contributed by atoms with Gasteiger partial charge in [0.05, 0.1) is 11.4 Å². The molecule has 8 heteroatoms. The van der Waals surface area contributed by atoms with Crippen molar-refractivity contribution in [3.8, 4) is 5.69 Å². The zero-order valence-corrected chi connectivity index (χ0v) is 18.6. The van der Waals surface area contributed by atoms with Crippen LogP contribution in [0.15, 0.2) is 54.6 Å². The van der Waals surface area contributed by atoms with Gasteiger partial charge in [-0.15, -0.1) is 0 Å². The Morgan fingerprint density at radius 2 is 1.82 bits per heavy atom. The van der Waals surface area contributed by atoms with Crippen molar-refractivity contribution in [3.63, 3.8) is 0 Å². The van der Waals surface area contributed by atoms with E-state index in [-0.39, 0.29) is 19.0 Å². The standard InChI is InChI=1S/C25H25N5O3/c1-16-20(17(2)30(28-16)19-9-4-3-5-10-19)14-26-22(31)15-29-23(32)25(27-24(29)33)13-12-18-8-6-7-11-21(18)25/h3-11H,12-15H2,1-2H3,(H,26,31)(H,27,33). The number of rotatable bonds is 5. The van der Waals surface area contributed by atoms with Gasteiger partial charge in [-0.2, -0.15) is 5.10 Å². The SMILES string of the molecule is Cc1nn(-c2ccccc2)c(C)c1CNC(=O)CN1C(=O)NC2(CCc3ccccc32)C1=O. The van der Waals surface area contributed by atoms with Crippen LogP contribution >= 0.6 is 0 Å². The Bertz CT molecular complexity index is 1270. The van der Waals surface area contributed by atoms with Gasteiger partial charge in [0.15, 0.2) is 0 Å². The molecular weight excluding hydrogens is 418 g/mol. The molecule has 1 fully saturated rings. The van der Waals surface area contributed by atoms with Crippen LogP contribution < -0.4 is 10.6 Å². The number of nitrogens with one attached hydrogen (secondary N) is 2. The second kappa shape index (κ2) is 7.88. The van der Waals surface area contributed by atoms with Gasteiger partial charge >= 0.3 is 6.03 Å². The lowest BCUT2D eigenvalue weighted by Gasteiger charge is -2.22. The summed E-state index contributed by atoms with van der Waals surface area (Å²) in [5.74, 6) is -0.759. The van der Waals surface area contributed by atoms with Crippen LogP contribution in [0.2, 0.25) is 0 Å². The number of carbonyl (C=O) groups is 3. The van der Waals surface area contributed by atoms with Crippen LogP contribution in [0.25, 0.3) is 5.69 Å². The highest BCUT2D eigenvalue weighted by Crippen LogP contribution is 2.41. The molecule has 33 heavy (non-hydrogen) atoms. The summed E-state index contributed by atoms with van der Waals surface area (Å²) in [6.45, 7) is 3.79. The maximum atomic E-state index is 13.2. The third-order valence-electron chi connectivity index (χ3n) is 6.63. The van der Waals surface area contributed by atoms with Crippen molar-refractivity contribution in [1.82, 2.24) is 25.3 Å². The minimum Gasteiger partial charge on any atom is -0.350 e. The number of urea groups is 1. The summed E-state index contributed by atoms with van der Waals surface area (Å²) in [7, 11) is 0. The highest BCUT2D eigenvalue weighted by molar-refractivity contribution is 6.09. The molecule has 3 aromatic rings. The fraction of sp³-hybridized carbons (Fsp3) is 0.280. The topological polar surface area (TPSA) is 96.3 Å². The van der Waals surface area contributed by atoms with E-state index in [1.54, 1.807) is 0 Å². The summed E-state index contributed by atoms with van der Waals surface area (Å²) in [5.41, 5.74) is 4.41. The van der Waals surface area contributed by atoms with E-state index in [1.165, 1.54) is 0 Å². The largest absolute Gasteiger partial charge is 0.350 e. The Balaban J connectivity index is 1.28. The van der Waals surface area contributed by atoms with Crippen LogP contribution in [0.5, 0.6) is 0 Å². The Kier molecular flexibility index (Phi) is 5.00. The first-order valence-corrected chi connectivity index (χ1v) is 11.0. The van der Waals surface area contributed by atoms with E-state index in [1.807, 2.05) is 73.1 Å². The van der Waals surface area contributed by atoms with Crippen LogP contribution in [0.1, 0.15) is 34.5 Å². The molecule has 1 aliphatic carbocycles. The first-order chi connectivity index (χ1) is 15.9. The Hall–Kier alpha value is -3.94. The molecule has 2 heterocycles. The number of carbonyl (C=O) groups excluding carboxylic acids is 3. The monoisotopic (exact) mass is 443 g/mol. The first-order valence-electron chi connectivity index (χ1n) is 11.0. The van der Waals surface area contributed by atoms with Gasteiger partial charge in [-0.05, 0) is 49.9 Å². The average Bonchev–Trinajstić information content (AvgIpc) is 3.41. The molecule has 1 unspecified atom stereocenters. The van der Waals surface area contributed by atoms with Gasteiger partial charge in [0, 0.05) is 17.8 Å². The molecule has 1 spiro atoms. The molecule has 4 amide bonds. The Labute approximate surface area is 191 Å². The molecule has 0 radical (unpaired) electrons. The average molecular weight is 444 g/mol. The number of nitrogens with zero attached hydrogens (tertiary/aromatic N) is 3. The Morgan fingerprint density at radius 3 is 2.61 bits per heavy atom. The molecule has 0 bridgehead atoms. The van der Waals surface area contributed by atoms with Gasteiger partial charge < -0.3 is 10.6 Å². The smallest absolute Gasteiger partial charge is 0.325 e. The molecular formula is C25H25N5O3. The summed E-state index contributed by atoms with van der Waals surface area (Å²) in [6, 6.07) is 16.9. The van der Waals surface area contributed by atoms with Crippen molar-refractivity contribution in [2.24, 2.45) is 0 Å². The third kappa shape index (κ3) is 3.38. The molecule has 8 nitrogen and oxygen atoms in total. The number of aryl methyl sites for hydroxylation is 2. The molecule has 2 aliphatic rings. The fourth-order valence-corrected chi connectivity index (χ4v) is 4.87. The number of hydrogen-bond donors (Lipinski definition) is 2. The lowest BCUT2D eigenvalue weighted by Crippen LogP contribution is -2.43. The molecule has 1 aliphatic heterocycles. The zero-order valence-electron chi connectivity index (χ0n) is 18.6. The van der Waals surface area contributed by atoms with Crippen molar-refractivity contribution in [2.45, 2.75) is 38.8 Å². The van der Waals surface area contributed by atoms with E-state index in [4.69, 9.17) is 0 Å². The second-order valence-corrected chi connectivity index (χ2v) is 8.56. The lowest BCUT2D eigenvalue weighted by atomic mass is 9.92. The van der Waals surface area contributed by atoms with E-state index in [9.17, 15) is 14.4 Å².